The Kier molecular flexibility index (Phi) is 7.48. The van der Waals surface area contributed by atoms with Crippen LogP contribution in [0.4, 0.5) is 0 Å². The molecule has 0 bridgehead atoms. The molecule has 204 valence electrons. The molecule has 6 atom stereocenters. The van der Waals surface area contributed by atoms with Crippen molar-refractivity contribution in [3.63, 3.8) is 0 Å². The Morgan fingerprint density at radius 2 is 1.18 bits per heavy atom. The molecule has 0 saturated carbocycles. The van der Waals surface area contributed by atoms with Gasteiger partial charge in [0, 0.05) is 0 Å². The fraction of sp³-hybridized carbons (Fsp3) is 0.345. The lowest BCUT2D eigenvalue weighted by Gasteiger charge is -2.45. The smallest absolute Gasteiger partial charge is 0.368 e. The number of amides is 1. The molecule has 0 aliphatic carbocycles. The maximum Gasteiger partial charge on any atom is 0.400 e. The molecular weight excluding hydrogens is 522 g/mol. The number of ether oxygens (including phenoxy) is 3. The Balaban J connectivity index is 1.33. The molecule has 10 heteroatoms. The zero-order valence-electron chi connectivity index (χ0n) is 21.1. The van der Waals surface area contributed by atoms with Gasteiger partial charge in [0.05, 0.1) is 32.4 Å². The summed E-state index contributed by atoms with van der Waals surface area (Å²) in [4.78, 5) is 15.4. The quantitative estimate of drug-likeness (QED) is 0.400. The molecule has 0 unspecified atom stereocenters. The summed E-state index contributed by atoms with van der Waals surface area (Å²) in [5.74, 6) is -0.312. The molecule has 3 saturated heterocycles. The number of fused-ring (bicyclic) bond motifs is 3. The third-order valence-electron chi connectivity index (χ3n) is 7.24. The van der Waals surface area contributed by atoms with E-state index in [-0.39, 0.29) is 32.3 Å². The van der Waals surface area contributed by atoms with Crippen LogP contribution >= 0.6 is 0 Å². The second kappa shape index (κ2) is 11.2. The summed E-state index contributed by atoms with van der Waals surface area (Å²) >= 11 is 0. The first kappa shape index (κ1) is 26.1. The van der Waals surface area contributed by atoms with Gasteiger partial charge in [-0.3, -0.25) is 4.79 Å². The van der Waals surface area contributed by atoms with Crippen LogP contribution in [0, 0.1) is 0 Å². The van der Waals surface area contributed by atoms with E-state index >= 15 is 0 Å². The minimum Gasteiger partial charge on any atom is -0.368 e. The summed E-state index contributed by atoms with van der Waals surface area (Å²) in [6, 6.07) is 28.1. The number of rotatable bonds is 9. The van der Waals surface area contributed by atoms with Gasteiger partial charge in [0.25, 0.3) is 5.91 Å². The minimum absolute atomic E-state index is 0.0508. The van der Waals surface area contributed by atoms with Crippen molar-refractivity contribution in [2.45, 2.75) is 56.4 Å². The molecule has 3 aliphatic rings. The lowest BCUT2D eigenvalue weighted by Crippen LogP contribution is -2.66. The van der Waals surface area contributed by atoms with Crippen molar-refractivity contribution in [2.24, 2.45) is 0 Å². The molecule has 9 nitrogen and oxygen atoms in total. The minimum atomic E-state index is -4.16. The average molecular weight is 552 g/mol. The number of benzene rings is 3. The molecule has 39 heavy (non-hydrogen) atoms. The maximum absolute atomic E-state index is 13.9. The second-order valence-corrected chi connectivity index (χ2v) is 11.0. The Labute approximate surface area is 227 Å². The summed E-state index contributed by atoms with van der Waals surface area (Å²) in [6.45, 7) is 0.688. The van der Waals surface area contributed by atoms with E-state index in [9.17, 15) is 13.2 Å². The van der Waals surface area contributed by atoms with Crippen LogP contribution < -0.4 is 0 Å². The number of hydrogen-bond donors (Lipinski definition) is 0. The molecule has 3 aromatic rings. The summed E-state index contributed by atoms with van der Waals surface area (Å²) < 4.78 is 53.9. The number of carbonyl (C=O) groups excluding carboxylic acids is 1. The molecule has 6 rings (SSSR count). The molecule has 0 N–H and O–H groups in total. The summed E-state index contributed by atoms with van der Waals surface area (Å²) in [5, 5.41) is 0. The highest BCUT2D eigenvalue weighted by Crippen LogP contribution is 2.41. The number of nitrogens with zero attached hydrogens (tertiary/aromatic N) is 1. The van der Waals surface area contributed by atoms with Gasteiger partial charge in [0.1, 0.15) is 24.4 Å². The first-order valence-corrected chi connectivity index (χ1v) is 14.2. The van der Waals surface area contributed by atoms with Crippen molar-refractivity contribution < 1.29 is 35.8 Å². The van der Waals surface area contributed by atoms with E-state index in [2.05, 4.69) is 0 Å². The fourth-order valence-corrected chi connectivity index (χ4v) is 6.47. The van der Waals surface area contributed by atoms with Gasteiger partial charge >= 0.3 is 10.4 Å². The van der Waals surface area contributed by atoms with Crippen molar-refractivity contribution in [2.75, 3.05) is 6.54 Å². The normalized spacial score (nSPS) is 29.2. The van der Waals surface area contributed by atoms with Crippen LogP contribution in [0.25, 0.3) is 0 Å². The Hall–Kier alpha value is -3.12. The van der Waals surface area contributed by atoms with E-state index in [1.54, 1.807) is 4.90 Å². The molecule has 3 aromatic carbocycles. The van der Waals surface area contributed by atoms with Crippen LogP contribution in [0.5, 0.6) is 0 Å². The van der Waals surface area contributed by atoms with Gasteiger partial charge in [-0.15, -0.1) is 0 Å². The maximum atomic E-state index is 13.9. The molecular formula is C29H29NO8S. The van der Waals surface area contributed by atoms with Crippen molar-refractivity contribution >= 4 is 16.3 Å². The first-order valence-electron chi connectivity index (χ1n) is 12.9. The van der Waals surface area contributed by atoms with E-state index < -0.39 is 47.0 Å². The molecule has 0 aromatic heterocycles. The van der Waals surface area contributed by atoms with Crippen molar-refractivity contribution in [1.29, 1.82) is 0 Å². The van der Waals surface area contributed by atoms with Gasteiger partial charge < -0.3 is 19.1 Å². The largest absolute Gasteiger partial charge is 0.400 e. The highest BCUT2D eigenvalue weighted by Gasteiger charge is 2.63. The molecule has 0 radical (unpaired) electrons. The third kappa shape index (κ3) is 5.62. The molecule has 3 fully saturated rings. The lowest BCUT2D eigenvalue weighted by atomic mass is 9.91. The topological polar surface area (TPSA) is 101 Å². The highest BCUT2D eigenvalue weighted by atomic mass is 32.3. The average Bonchev–Trinajstić information content (AvgIpc) is 3.45. The van der Waals surface area contributed by atoms with Crippen LogP contribution in [0.2, 0.25) is 0 Å². The van der Waals surface area contributed by atoms with E-state index in [0.717, 1.165) is 16.7 Å². The Morgan fingerprint density at radius 3 is 1.72 bits per heavy atom. The second-order valence-electron chi connectivity index (χ2n) is 9.82. The standard InChI is InChI=1S/C29H29NO8S/c31-29-28(36-19-22-14-8-3-9-15-22)27(35-18-21-12-6-2-7-13-21)26(34-17-20-10-4-1-5-11-20)24-25-23(16-30(24)29)37-39(32,33)38-25/h1-15,23-28H,16-19H2/t23-,24-,25-,26-,27+,28-/m1/s1. The Bertz CT molecular complexity index is 1370. The van der Waals surface area contributed by atoms with Gasteiger partial charge in [0.2, 0.25) is 0 Å². The molecule has 3 aliphatic heterocycles. The number of carbonyl (C=O) groups is 1. The Morgan fingerprint density at radius 1 is 0.692 bits per heavy atom. The van der Waals surface area contributed by atoms with Crippen molar-refractivity contribution in [1.82, 2.24) is 4.90 Å². The fourth-order valence-electron chi connectivity index (χ4n) is 5.44. The number of hydrogen-bond acceptors (Lipinski definition) is 8. The summed E-state index contributed by atoms with van der Waals surface area (Å²) in [5.41, 5.74) is 2.76. The number of piperidine rings is 1. The predicted octanol–water partition coefficient (Wildman–Crippen LogP) is 3.00. The summed E-state index contributed by atoms with van der Waals surface area (Å²) in [7, 11) is -4.16. The van der Waals surface area contributed by atoms with Gasteiger partial charge in [-0.2, -0.15) is 8.42 Å². The molecule has 0 spiro atoms. The van der Waals surface area contributed by atoms with Crippen molar-refractivity contribution in [3.8, 4) is 0 Å². The van der Waals surface area contributed by atoms with E-state index in [4.69, 9.17) is 22.6 Å². The van der Waals surface area contributed by atoms with Gasteiger partial charge in [-0.25, -0.2) is 8.37 Å². The van der Waals surface area contributed by atoms with E-state index in [1.807, 2.05) is 91.0 Å². The summed E-state index contributed by atoms with van der Waals surface area (Å²) in [6.07, 6.45) is -4.30. The van der Waals surface area contributed by atoms with Crippen molar-refractivity contribution in [3.05, 3.63) is 108 Å². The van der Waals surface area contributed by atoms with Crippen LogP contribution in [0.1, 0.15) is 16.7 Å². The monoisotopic (exact) mass is 551 g/mol. The lowest BCUT2D eigenvalue weighted by molar-refractivity contribution is -0.208. The van der Waals surface area contributed by atoms with Gasteiger partial charge in [-0.1, -0.05) is 91.0 Å². The highest BCUT2D eigenvalue weighted by molar-refractivity contribution is 7.82. The zero-order valence-corrected chi connectivity index (χ0v) is 21.9. The van der Waals surface area contributed by atoms with Gasteiger partial charge in [0.15, 0.2) is 6.10 Å². The third-order valence-corrected chi connectivity index (χ3v) is 8.18. The van der Waals surface area contributed by atoms with Crippen LogP contribution in [0.15, 0.2) is 91.0 Å². The molecule has 1 amide bonds. The van der Waals surface area contributed by atoms with Gasteiger partial charge in [-0.05, 0) is 16.7 Å². The van der Waals surface area contributed by atoms with Crippen LogP contribution in [-0.4, -0.2) is 62.3 Å². The zero-order chi connectivity index (χ0) is 26.8. The van der Waals surface area contributed by atoms with E-state index in [1.165, 1.54) is 0 Å². The molecule has 3 heterocycles. The SMILES string of the molecule is O=C1[C@H](OCc2ccccc2)[C@@H](OCc2ccccc2)[C@H](OCc2ccccc2)[C@H]2[C@@H]3OS(=O)(=O)O[C@@H]3CN12. The predicted molar refractivity (Wildman–Crippen MR) is 139 cm³/mol. The van der Waals surface area contributed by atoms with Crippen LogP contribution in [-0.2, 0) is 57.6 Å². The van der Waals surface area contributed by atoms with E-state index in [0.29, 0.717) is 0 Å². The first-order chi connectivity index (χ1) is 19.0. The van der Waals surface area contributed by atoms with Crippen LogP contribution in [0.3, 0.4) is 0 Å².